The summed E-state index contributed by atoms with van der Waals surface area (Å²) in [4.78, 5) is 17.8. The zero-order chi connectivity index (χ0) is 23.5. The number of hydrogen-bond donors (Lipinski definition) is 0. The van der Waals surface area contributed by atoms with Crippen molar-refractivity contribution in [2.45, 2.75) is 84.5 Å². The average molecular weight is 452 g/mol. The highest BCUT2D eigenvalue weighted by Gasteiger charge is 2.38. The van der Waals surface area contributed by atoms with Crippen LogP contribution in [0.25, 0.3) is 11.5 Å². The van der Waals surface area contributed by atoms with Crippen molar-refractivity contribution in [2.75, 3.05) is 7.05 Å². The maximum atomic E-state index is 13.2. The number of amides is 1. The number of nitrogens with zero attached hydrogens (tertiary/aromatic N) is 3. The first kappa shape index (κ1) is 23.9. The number of aromatic nitrogens is 2. The van der Waals surface area contributed by atoms with Crippen LogP contribution in [0.15, 0.2) is 16.7 Å². The minimum Gasteiger partial charge on any atom is -0.489 e. The molecule has 0 aromatic carbocycles. The van der Waals surface area contributed by atoms with Crippen LogP contribution in [0.3, 0.4) is 0 Å². The minimum atomic E-state index is -2.71. The second kappa shape index (κ2) is 9.83. The standard InChI is InChI=1S/C23H31F2N3O4/c1-14-17(13-30-22(29)28(5)23(3,4)21(24)25)20(32-27-14)18-11-12-19(15(2)26-18)31-16-9-7-6-8-10-16/h11-12,16,21H,6-10,13H2,1-5H3. The number of halogens is 2. The second-order valence-corrected chi connectivity index (χ2v) is 8.80. The van der Waals surface area contributed by atoms with Gasteiger partial charge in [0.05, 0.1) is 23.1 Å². The highest BCUT2D eigenvalue weighted by atomic mass is 19.3. The number of aryl methyl sites for hydroxylation is 2. The lowest BCUT2D eigenvalue weighted by atomic mass is 9.98. The Labute approximate surface area is 187 Å². The predicted octanol–water partition coefficient (Wildman–Crippen LogP) is 5.68. The van der Waals surface area contributed by atoms with Crippen molar-refractivity contribution in [3.8, 4) is 17.2 Å². The van der Waals surface area contributed by atoms with Gasteiger partial charge in [-0.05, 0) is 65.5 Å². The lowest BCUT2D eigenvalue weighted by Crippen LogP contribution is -2.50. The highest BCUT2D eigenvalue weighted by Crippen LogP contribution is 2.30. The van der Waals surface area contributed by atoms with Crippen LogP contribution in [-0.2, 0) is 11.3 Å². The SMILES string of the molecule is Cc1nc(-c2onc(C)c2COC(=O)N(C)C(C)(C)C(F)F)ccc1OC1CCCCC1. The van der Waals surface area contributed by atoms with Crippen molar-refractivity contribution in [1.82, 2.24) is 15.0 Å². The molecule has 0 aliphatic heterocycles. The number of rotatable bonds is 7. The molecule has 1 fully saturated rings. The van der Waals surface area contributed by atoms with Gasteiger partial charge in [-0.3, -0.25) is 0 Å². The fraction of sp³-hybridized carbons (Fsp3) is 0.609. The summed E-state index contributed by atoms with van der Waals surface area (Å²) in [6, 6.07) is 3.64. The third-order valence-electron chi connectivity index (χ3n) is 6.11. The van der Waals surface area contributed by atoms with E-state index >= 15 is 0 Å². The molecule has 0 spiro atoms. The summed E-state index contributed by atoms with van der Waals surface area (Å²) in [5.74, 6) is 1.11. The number of pyridine rings is 1. The minimum absolute atomic E-state index is 0.172. The summed E-state index contributed by atoms with van der Waals surface area (Å²) >= 11 is 0. The summed E-state index contributed by atoms with van der Waals surface area (Å²) in [6.07, 6.45) is 2.35. The van der Waals surface area contributed by atoms with E-state index in [-0.39, 0.29) is 12.7 Å². The van der Waals surface area contributed by atoms with Crippen LogP contribution in [0.5, 0.6) is 5.75 Å². The van der Waals surface area contributed by atoms with Crippen molar-refractivity contribution in [2.24, 2.45) is 0 Å². The molecule has 176 valence electrons. The fourth-order valence-electron chi connectivity index (χ4n) is 3.53. The molecule has 9 heteroatoms. The van der Waals surface area contributed by atoms with Gasteiger partial charge in [0, 0.05) is 7.05 Å². The van der Waals surface area contributed by atoms with Gasteiger partial charge in [0.2, 0.25) is 0 Å². The van der Waals surface area contributed by atoms with E-state index in [0.29, 0.717) is 22.7 Å². The molecule has 7 nitrogen and oxygen atoms in total. The molecule has 1 aliphatic carbocycles. The molecule has 0 radical (unpaired) electrons. The maximum Gasteiger partial charge on any atom is 0.410 e. The number of carbonyl (C=O) groups excluding carboxylic acids is 1. The highest BCUT2D eigenvalue weighted by molar-refractivity contribution is 5.69. The van der Waals surface area contributed by atoms with Gasteiger partial charge in [0.15, 0.2) is 5.76 Å². The van der Waals surface area contributed by atoms with Crippen LogP contribution < -0.4 is 4.74 Å². The van der Waals surface area contributed by atoms with Crippen LogP contribution in [0.2, 0.25) is 0 Å². The zero-order valence-electron chi connectivity index (χ0n) is 19.3. The van der Waals surface area contributed by atoms with Gasteiger partial charge in [0.25, 0.3) is 6.43 Å². The molecule has 2 aromatic heterocycles. The smallest absolute Gasteiger partial charge is 0.410 e. The summed E-state index contributed by atoms with van der Waals surface area (Å²) in [7, 11) is 1.28. The Morgan fingerprint density at radius 3 is 2.53 bits per heavy atom. The molecule has 1 saturated carbocycles. The number of carbonyl (C=O) groups is 1. The lowest BCUT2D eigenvalue weighted by molar-refractivity contribution is -0.0208. The molecule has 1 aliphatic rings. The Morgan fingerprint density at radius 2 is 1.91 bits per heavy atom. The predicted molar refractivity (Wildman–Crippen MR) is 115 cm³/mol. The molecule has 0 saturated heterocycles. The number of hydrogen-bond acceptors (Lipinski definition) is 6. The maximum absolute atomic E-state index is 13.2. The molecular weight excluding hydrogens is 420 g/mol. The van der Waals surface area contributed by atoms with Crippen molar-refractivity contribution in [1.29, 1.82) is 0 Å². The quantitative estimate of drug-likeness (QED) is 0.539. The molecule has 3 rings (SSSR count). The molecule has 32 heavy (non-hydrogen) atoms. The topological polar surface area (TPSA) is 77.7 Å². The monoisotopic (exact) mass is 451 g/mol. The van der Waals surface area contributed by atoms with Gasteiger partial charge in [0.1, 0.15) is 23.6 Å². The molecule has 1 amide bonds. The normalized spacial score (nSPS) is 15.1. The van der Waals surface area contributed by atoms with Gasteiger partial charge in [-0.1, -0.05) is 11.6 Å². The van der Waals surface area contributed by atoms with Gasteiger partial charge in [-0.25, -0.2) is 18.6 Å². The van der Waals surface area contributed by atoms with E-state index in [1.165, 1.54) is 40.2 Å². The number of alkyl halides is 2. The van der Waals surface area contributed by atoms with Crippen LogP contribution in [0, 0.1) is 13.8 Å². The molecule has 0 bridgehead atoms. The van der Waals surface area contributed by atoms with Crippen molar-refractivity contribution in [3.05, 3.63) is 29.1 Å². The van der Waals surface area contributed by atoms with E-state index in [4.69, 9.17) is 14.0 Å². The molecule has 0 N–H and O–H groups in total. The second-order valence-electron chi connectivity index (χ2n) is 8.80. The van der Waals surface area contributed by atoms with Gasteiger partial charge >= 0.3 is 6.09 Å². The van der Waals surface area contributed by atoms with E-state index < -0.39 is 18.1 Å². The summed E-state index contributed by atoms with van der Waals surface area (Å²) in [5.41, 5.74) is 0.672. The number of ether oxygens (including phenoxy) is 2. The van der Waals surface area contributed by atoms with Crippen LogP contribution in [0.4, 0.5) is 13.6 Å². The Hall–Kier alpha value is -2.71. The Bertz CT molecular complexity index is 939. The van der Waals surface area contributed by atoms with Crippen LogP contribution in [-0.4, -0.2) is 46.2 Å². The molecule has 0 atom stereocenters. The van der Waals surface area contributed by atoms with Crippen molar-refractivity contribution < 1.29 is 27.6 Å². The summed E-state index contributed by atoms with van der Waals surface area (Å²) in [6.45, 7) is 5.97. The Morgan fingerprint density at radius 1 is 1.22 bits per heavy atom. The zero-order valence-corrected chi connectivity index (χ0v) is 19.3. The van der Waals surface area contributed by atoms with E-state index in [1.807, 2.05) is 13.0 Å². The van der Waals surface area contributed by atoms with E-state index in [9.17, 15) is 13.6 Å². The van der Waals surface area contributed by atoms with Gasteiger partial charge in [-0.2, -0.15) is 0 Å². The average Bonchev–Trinajstić information content (AvgIpc) is 3.13. The molecular formula is C23H31F2N3O4. The molecule has 0 unspecified atom stereocenters. The largest absolute Gasteiger partial charge is 0.489 e. The van der Waals surface area contributed by atoms with Crippen LogP contribution >= 0.6 is 0 Å². The third kappa shape index (κ3) is 5.19. The van der Waals surface area contributed by atoms with Gasteiger partial charge in [-0.15, -0.1) is 0 Å². The van der Waals surface area contributed by atoms with E-state index in [0.717, 1.165) is 29.2 Å². The first-order chi connectivity index (χ1) is 15.1. The Balaban J connectivity index is 1.72. The first-order valence-corrected chi connectivity index (χ1v) is 10.9. The van der Waals surface area contributed by atoms with Crippen molar-refractivity contribution in [3.63, 3.8) is 0 Å². The third-order valence-corrected chi connectivity index (χ3v) is 6.11. The fourth-order valence-corrected chi connectivity index (χ4v) is 3.53. The molecule has 2 aromatic rings. The molecule has 2 heterocycles. The van der Waals surface area contributed by atoms with Gasteiger partial charge < -0.3 is 18.9 Å². The summed E-state index contributed by atoms with van der Waals surface area (Å²) in [5, 5.41) is 3.97. The van der Waals surface area contributed by atoms with Crippen LogP contribution in [0.1, 0.15) is 62.9 Å². The first-order valence-electron chi connectivity index (χ1n) is 10.9. The lowest BCUT2D eigenvalue weighted by Gasteiger charge is -2.33. The Kier molecular flexibility index (Phi) is 7.36. The van der Waals surface area contributed by atoms with E-state index in [2.05, 4.69) is 10.1 Å². The van der Waals surface area contributed by atoms with Crippen molar-refractivity contribution >= 4 is 6.09 Å². The summed E-state index contributed by atoms with van der Waals surface area (Å²) < 4.78 is 43.3. The van der Waals surface area contributed by atoms with E-state index in [1.54, 1.807) is 13.0 Å².